The van der Waals surface area contributed by atoms with E-state index in [1.807, 2.05) is 0 Å². The third-order valence-corrected chi connectivity index (χ3v) is 2.81. The van der Waals surface area contributed by atoms with Crippen LogP contribution in [0.15, 0.2) is 0 Å². The molecule has 0 saturated carbocycles. The Labute approximate surface area is 128 Å². The van der Waals surface area contributed by atoms with E-state index in [1.165, 1.54) is 27.8 Å². The zero-order valence-electron chi connectivity index (χ0n) is 11.5. The third-order valence-electron chi connectivity index (χ3n) is 2.81. The molecule has 1 aromatic carbocycles. The van der Waals surface area contributed by atoms with Crippen LogP contribution in [0.5, 0.6) is 0 Å². The van der Waals surface area contributed by atoms with E-state index in [-0.39, 0.29) is 13.7 Å². The quantitative estimate of drug-likeness (QED) is 0.336. The molecule has 0 heterocycles. The van der Waals surface area contributed by atoms with Crippen LogP contribution in [0, 0.1) is 34.6 Å². The Balaban J connectivity index is 0. The standard InChI is InChI=1S/C10H15.C2H7OP.2BrH.Ir/c1-6-7(2)9(4)10(5)8(6)3;1-4(2)3;;;/h1-5H3;3H,1-2H3;2*1H;/q-1;;;;+3/p-2. The molecule has 0 fully saturated rings. The zero-order chi connectivity index (χ0) is 14.2. The van der Waals surface area contributed by atoms with Crippen molar-refractivity contribution in [3.63, 3.8) is 0 Å². The van der Waals surface area contributed by atoms with E-state index in [1.54, 1.807) is 13.3 Å². The summed E-state index contributed by atoms with van der Waals surface area (Å²) in [4.78, 5) is 8.12. The van der Waals surface area contributed by atoms with E-state index in [4.69, 9.17) is 4.89 Å². The Kier molecular flexibility index (Phi) is 13.6. The first kappa shape index (κ1) is 20.7. The average molecular weight is 565 g/mol. The van der Waals surface area contributed by atoms with Crippen molar-refractivity contribution in [2.24, 2.45) is 0 Å². The molecular formula is C12H22Br2IrOP. The first-order chi connectivity index (χ1) is 7.70. The predicted molar refractivity (Wildman–Crippen MR) is 84.6 cm³/mol. The Morgan fingerprint density at radius 1 is 1.00 bits per heavy atom. The van der Waals surface area contributed by atoms with Crippen LogP contribution in [0.2, 0.25) is 0 Å². The summed E-state index contributed by atoms with van der Waals surface area (Å²) in [6.07, 6.45) is 0. The Bertz CT molecular complexity index is 242. The topological polar surface area (TPSA) is 20.2 Å². The van der Waals surface area contributed by atoms with Crippen molar-refractivity contribution in [2.75, 3.05) is 13.3 Å². The summed E-state index contributed by atoms with van der Waals surface area (Å²) in [7, 11) is -0.620. The van der Waals surface area contributed by atoms with Gasteiger partial charge in [-0.3, -0.25) is 0 Å². The monoisotopic (exact) mass is 564 g/mol. The van der Waals surface area contributed by atoms with Gasteiger partial charge < -0.3 is 4.89 Å². The first-order valence-electron chi connectivity index (χ1n) is 5.10. The molecule has 0 saturated heterocycles. The number of halogens is 2. The van der Waals surface area contributed by atoms with Crippen LogP contribution in [0.25, 0.3) is 0 Å². The fourth-order valence-corrected chi connectivity index (χ4v) is 1.41. The minimum absolute atomic E-state index is 0.125. The van der Waals surface area contributed by atoms with E-state index < -0.39 is 8.15 Å². The van der Waals surface area contributed by atoms with E-state index in [2.05, 4.69) is 61.6 Å². The first-order valence-corrected chi connectivity index (χ1v) is 17.8. The van der Waals surface area contributed by atoms with Crippen LogP contribution in [0.4, 0.5) is 0 Å². The molecule has 1 rings (SSSR count). The van der Waals surface area contributed by atoms with Gasteiger partial charge in [0.25, 0.3) is 0 Å². The van der Waals surface area contributed by atoms with Gasteiger partial charge in [0.2, 0.25) is 0 Å². The molecule has 0 unspecified atom stereocenters. The summed E-state index contributed by atoms with van der Waals surface area (Å²) in [5.41, 5.74) is 7.34. The molecule has 0 aliphatic carbocycles. The van der Waals surface area contributed by atoms with Gasteiger partial charge in [0.1, 0.15) is 0 Å². The van der Waals surface area contributed by atoms with Crippen molar-refractivity contribution in [2.45, 2.75) is 34.6 Å². The van der Waals surface area contributed by atoms with Gasteiger partial charge in [0.15, 0.2) is 0 Å². The summed E-state index contributed by atoms with van der Waals surface area (Å²) in [5.74, 6) is 0. The van der Waals surface area contributed by atoms with Gasteiger partial charge in [-0.15, -0.1) is 0 Å². The van der Waals surface area contributed by atoms with Crippen molar-refractivity contribution in [3.8, 4) is 0 Å². The Morgan fingerprint density at radius 2 is 1.18 bits per heavy atom. The molecule has 0 radical (unpaired) electrons. The fourth-order valence-electron chi connectivity index (χ4n) is 1.41. The van der Waals surface area contributed by atoms with Crippen LogP contribution < -0.4 is 0 Å². The maximum atomic E-state index is 8.12. The number of rotatable bonds is 0. The van der Waals surface area contributed by atoms with Crippen LogP contribution in [-0.2, 0) is 13.7 Å². The SMILES string of the molecule is CP(C)O.Cc1c(C)c(C)[c-](C)c1C.[Br][Ir+][Br]. The average Bonchev–Trinajstić information content (AvgIpc) is 2.37. The molecule has 0 aliphatic rings. The summed E-state index contributed by atoms with van der Waals surface area (Å²) in [6, 6.07) is 0. The van der Waals surface area contributed by atoms with Gasteiger partial charge in [-0.2, -0.15) is 27.8 Å². The van der Waals surface area contributed by atoms with Crippen molar-refractivity contribution >= 4 is 35.1 Å². The van der Waals surface area contributed by atoms with Crippen molar-refractivity contribution < 1.29 is 18.6 Å². The molecule has 0 spiro atoms. The summed E-state index contributed by atoms with van der Waals surface area (Å²) >= 11 is 6.50. The molecule has 1 N–H and O–H groups in total. The van der Waals surface area contributed by atoms with Gasteiger partial charge >= 0.3 is 40.7 Å². The van der Waals surface area contributed by atoms with E-state index in [0.29, 0.717) is 0 Å². The molecule has 104 valence electrons. The molecule has 0 bridgehead atoms. The Morgan fingerprint density at radius 3 is 1.24 bits per heavy atom. The summed E-state index contributed by atoms with van der Waals surface area (Å²) < 4.78 is 0. The van der Waals surface area contributed by atoms with E-state index >= 15 is 0 Å². The summed E-state index contributed by atoms with van der Waals surface area (Å²) in [6.45, 7) is 14.6. The van der Waals surface area contributed by atoms with Crippen LogP contribution >= 0.6 is 35.1 Å². The van der Waals surface area contributed by atoms with Gasteiger partial charge in [-0.25, -0.2) is 0 Å². The van der Waals surface area contributed by atoms with Gasteiger partial charge in [-0.05, 0) is 13.3 Å². The fraction of sp³-hybridized carbons (Fsp3) is 0.583. The molecule has 0 atom stereocenters. The van der Waals surface area contributed by atoms with Crippen LogP contribution in [0.3, 0.4) is 0 Å². The molecule has 1 nitrogen and oxygen atoms in total. The normalized spacial score (nSPS) is 9.59. The molecule has 0 aliphatic heterocycles. The number of hydrogen-bond donors (Lipinski definition) is 1. The maximum absolute atomic E-state index is 8.12. The second kappa shape index (κ2) is 11.2. The van der Waals surface area contributed by atoms with Crippen molar-refractivity contribution in [3.05, 3.63) is 27.8 Å². The number of hydrogen-bond acceptors (Lipinski definition) is 1. The van der Waals surface area contributed by atoms with Crippen LogP contribution in [-0.4, -0.2) is 18.2 Å². The second-order valence-corrected chi connectivity index (χ2v) is 16.2. The molecule has 5 heteroatoms. The zero-order valence-corrected chi connectivity index (χ0v) is 17.9. The van der Waals surface area contributed by atoms with E-state index in [9.17, 15) is 0 Å². The van der Waals surface area contributed by atoms with Gasteiger partial charge in [-0.1, -0.05) is 34.6 Å². The minimum atomic E-state index is -0.620. The van der Waals surface area contributed by atoms with Gasteiger partial charge in [0, 0.05) is 8.15 Å². The molecular weight excluding hydrogens is 543 g/mol. The second-order valence-electron chi connectivity index (χ2n) is 4.02. The molecule has 0 amide bonds. The van der Waals surface area contributed by atoms with Crippen LogP contribution in [0.1, 0.15) is 27.8 Å². The van der Waals surface area contributed by atoms with Gasteiger partial charge in [0.05, 0.1) is 0 Å². The molecule has 0 aromatic heterocycles. The molecule has 1 aromatic rings. The molecule has 17 heavy (non-hydrogen) atoms. The third kappa shape index (κ3) is 8.97. The Hall–Kier alpha value is 1.35. The summed E-state index contributed by atoms with van der Waals surface area (Å²) in [5, 5.41) is 0. The van der Waals surface area contributed by atoms with E-state index in [0.717, 1.165) is 0 Å². The van der Waals surface area contributed by atoms with Crippen molar-refractivity contribution in [1.82, 2.24) is 0 Å². The predicted octanol–water partition coefficient (Wildman–Crippen LogP) is 5.27. The van der Waals surface area contributed by atoms with Crippen molar-refractivity contribution in [1.29, 1.82) is 0 Å².